The van der Waals surface area contributed by atoms with Gasteiger partial charge in [0.2, 0.25) is 0 Å². The third kappa shape index (κ3) is 4.86. The quantitative estimate of drug-likeness (QED) is 0.608. The van der Waals surface area contributed by atoms with Crippen LogP contribution < -0.4 is 0 Å². The molecule has 0 aliphatic carbocycles. The molecule has 1 aromatic heterocycles. The molecule has 0 unspecified atom stereocenters. The van der Waals surface area contributed by atoms with Gasteiger partial charge in [0.15, 0.2) is 0 Å². The summed E-state index contributed by atoms with van der Waals surface area (Å²) in [5, 5.41) is 0. The highest BCUT2D eigenvalue weighted by molar-refractivity contribution is 5.94. The molecule has 2 aromatic carbocycles. The third-order valence-corrected chi connectivity index (χ3v) is 6.41. The van der Waals surface area contributed by atoms with Gasteiger partial charge in [-0.2, -0.15) is 0 Å². The minimum atomic E-state index is 0.135. The van der Waals surface area contributed by atoms with E-state index in [1.54, 1.807) is 0 Å². The fraction of sp³-hybridized carbons (Fsp3) is 0.333. The van der Waals surface area contributed by atoms with Gasteiger partial charge in [-0.15, -0.1) is 0 Å². The average molecular weight is 414 g/mol. The van der Waals surface area contributed by atoms with Crippen molar-refractivity contribution in [2.75, 3.05) is 26.2 Å². The highest BCUT2D eigenvalue weighted by Gasteiger charge is 2.22. The van der Waals surface area contributed by atoms with Crippen LogP contribution >= 0.6 is 0 Å². The molecule has 160 valence electrons. The molecule has 4 heteroatoms. The molecule has 0 spiro atoms. The van der Waals surface area contributed by atoms with Gasteiger partial charge >= 0.3 is 0 Å². The number of amides is 1. The number of aryl methyl sites for hydroxylation is 3. The van der Waals surface area contributed by atoms with Crippen LogP contribution in [0.25, 0.3) is 11.3 Å². The van der Waals surface area contributed by atoms with Crippen LogP contribution in [0.3, 0.4) is 0 Å². The maximum atomic E-state index is 12.8. The smallest absolute Gasteiger partial charge is 0.253 e. The SMILES string of the molecule is Cc1ccc(C(=O)N2CCN(Cc3ccnc(-c4cc(C)c(C)c(C)c4)c3)CC2)cc1. The van der Waals surface area contributed by atoms with Crippen LogP contribution in [0.15, 0.2) is 54.7 Å². The zero-order chi connectivity index (χ0) is 22.0. The molecule has 1 aliphatic heterocycles. The van der Waals surface area contributed by atoms with Gasteiger partial charge in [0.05, 0.1) is 5.69 Å². The number of pyridine rings is 1. The first-order valence-corrected chi connectivity index (χ1v) is 11.0. The van der Waals surface area contributed by atoms with Gasteiger partial charge < -0.3 is 4.90 Å². The molecule has 1 aliphatic rings. The van der Waals surface area contributed by atoms with Crippen molar-refractivity contribution in [3.63, 3.8) is 0 Å². The van der Waals surface area contributed by atoms with Crippen molar-refractivity contribution in [1.82, 2.24) is 14.8 Å². The number of hydrogen-bond acceptors (Lipinski definition) is 3. The average Bonchev–Trinajstić information content (AvgIpc) is 2.78. The van der Waals surface area contributed by atoms with Gasteiger partial charge in [-0.3, -0.25) is 14.7 Å². The van der Waals surface area contributed by atoms with Gasteiger partial charge in [-0.25, -0.2) is 0 Å². The number of benzene rings is 2. The van der Waals surface area contributed by atoms with Crippen molar-refractivity contribution in [3.05, 3.63) is 88.1 Å². The molecule has 0 bridgehead atoms. The summed E-state index contributed by atoms with van der Waals surface area (Å²) in [6.45, 7) is 12.7. The maximum Gasteiger partial charge on any atom is 0.253 e. The molecule has 1 fully saturated rings. The topological polar surface area (TPSA) is 36.4 Å². The summed E-state index contributed by atoms with van der Waals surface area (Å²) in [4.78, 5) is 21.8. The lowest BCUT2D eigenvalue weighted by molar-refractivity contribution is 0.0628. The monoisotopic (exact) mass is 413 g/mol. The van der Waals surface area contributed by atoms with Crippen LogP contribution in [-0.2, 0) is 6.54 Å². The van der Waals surface area contributed by atoms with Crippen LogP contribution in [0.2, 0.25) is 0 Å². The Kier molecular flexibility index (Phi) is 6.19. The van der Waals surface area contributed by atoms with Gasteiger partial charge in [-0.1, -0.05) is 17.7 Å². The van der Waals surface area contributed by atoms with E-state index in [4.69, 9.17) is 0 Å². The number of rotatable bonds is 4. The molecule has 0 atom stereocenters. The summed E-state index contributed by atoms with van der Waals surface area (Å²) in [5.74, 6) is 0.135. The number of carbonyl (C=O) groups is 1. The Hall–Kier alpha value is -2.98. The molecule has 0 saturated carbocycles. The normalized spacial score (nSPS) is 14.6. The van der Waals surface area contributed by atoms with Crippen molar-refractivity contribution >= 4 is 5.91 Å². The first-order chi connectivity index (χ1) is 14.9. The fourth-order valence-electron chi connectivity index (χ4n) is 4.16. The van der Waals surface area contributed by atoms with Crippen molar-refractivity contribution < 1.29 is 4.79 Å². The Morgan fingerprint density at radius 2 is 1.52 bits per heavy atom. The Bertz CT molecular complexity index is 1060. The highest BCUT2D eigenvalue weighted by Crippen LogP contribution is 2.24. The summed E-state index contributed by atoms with van der Waals surface area (Å²) in [7, 11) is 0. The van der Waals surface area contributed by atoms with Crippen molar-refractivity contribution in [2.45, 2.75) is 34.2 Å². The predicted octanol–water partition coefficient (Wildman–Crippen LogP) is 4.94. The largest absolute Gasteiger partial charge is 0.336 e. The van der Waals surface area contributed by atoms with Crippen LogP contribution in [0.4, 0.5) is 0 Å². The van der Waals surface area contributed by atoms with E-state index in [0.717, 1.165) is 44.0 Å². The first-order valence-electron chi connectivity index (χ1n) is 11.0. The summed E-state index contributed by atoms with van der Waals surface area (Å²) in [6, 6.07) is 16.6. The van der Waals surface area contributed by atoms with Gasteiger partial charge in [0.1, 0.15) is 0 Å². The lowest BCUT2D eigenvalue weighted by Gasteiger charge is -2.34. The maximum absolute atomic E-state index is 12.8. The number of nitrogens with zero attached hydrogens (tertiary/aromatic N) is 3. The van der Waals surface area contributed by atoms with E-state index in [0.29, 0.717) is 0 Å². The Morgan fingerprint density at radius 3 is 2.16 bits per heavy atom. The van der Waals surface area contributed by atoms with Gasteiger partial charge in [0.25, 0.3) is 5.91 Å². The predicted molar refractivity (Wildman–Crippen MR) is 126 cm³/mol. The van der Waals surface area contributed by atoms with Crippen LogP contribution in [0.1, 0.15) is 38.2 Å². The van der Waals surface area contributed by atoms with Crippen molar-refractivity contribution in [1.29, 1.82) is 0 Å². The van der Waals surface area contributed by atoms with Crippen molar-refractivity contribution in [3.8, 4) is 11.3 Å². The molecule has 4 rings (SSSR count). The molecule has 0 N–H and O–H groups in total. The van der Waals surface area contributed by atoms with E-state index >= 15 is 0 Å². The van der Waals surface area contributed by atoms with E-state index < -0.39 is 0 Å². The zero-order valence-electron chi connectivity index (χ0n) is 19.0. The summed E-state index contributed by atoms with van der Waals surface area (Å²) >= 11 is 0. The third-order valence-electron chi connectivity index (χ3n) is 6.41. The minimum absolute atomic E-state index is 0.135. The van der Waals surface area contributed by atoms with Crippen LogP contribution in [0, 0.1) is 27.7 Å². The number of hydrogen-bond donors (Lipinski definition) is 0. The lowest BCUT2D eigenvalue weighted by atomic mass is 9.98. The number of aromatic nitrogens is 1. The highest BCUT2D eigenvalue weighted by atomic mass is 16.2. The molecule has 4 nitrogen and oxygen atoms in total. The van der Waals surface area contributed by atoms with Crippen LogP contribution in [-0.4, -0.2) is 46.9 Å². The molecule has 3 aromatic rings. The van der Waals surface area contributed by atoms with E-state index in [9.17, 15) is 4.79 Å². The molecular formula is C27H31N3O. The summed E-state index contributed by atoms with van der Waals surface area (Å²) < 4.78 is 0. The molecule has 1 saturated heterocycles. The first kappa shape index (κ1) is 21.3. The van der Waals surface area contributed by atoms with Gasteiger partial charge in [0, 0.05) is 50.0 Å². The zero-order valence-corrected chi connectivity index (χ0v) is 19.0. The van der Waals surface area contributed by atoms with E-state index in [1.807, 2.05) is 42.3 Å². The number of piperazine rings is 1. The van der Waals surface area contributed by atoms with Gasteiger partial charge in [-0.05, 0) is 86.3 Å². The molecule has 2 heterocycles. The Labute approximate surface area is 185 Å². The molecule has 31 heavy (non-hydrogen) atoms. The van der Waals surface area contributed by atoms with E-state index in [-0.39, 0.29) is 5.91 Å². The molecule has 1 amide bonds. The van der Waals surface area contributed by atoms with E-state index in [1.165, 1.54) is 33.4 Å². The van der Waals surface area contributed by atoms with Crippen molar-refractivity contribution in [2.24, 2.45) is 0 Å². The standard InChI is InChI=1S/C27H31N3O/c1-19-5-7-24(8-6-19)27(31)30-13-11-29(12-14-30)18-23-9-10-28-26(17-23)25-15-20(2)22(4)21(3)16-25/h5-10,15-17H,11-14,18H2,1-4H3. The second kappa shape index (κ2) is 9.03. The summed E-state index contributed by atoms with van der Waals surface area (Å²) in [6.07, 6.45) is 1.91. The number of carbonyl (C=O) groups excluding carboxylic acids is 1. The summed E-state index contributed by atoms with van der Waals surface area (Å²) in [5.41, 5.74) is 9.37. The van der Waals surface area contributed by atoms with Crippen LogP contribution in [0.5, 0.6) is 0 Å². The second-order valence-electron chi connectivity index (χ2n) is 8.72. The Morgan fingerprint density at radius 1 is 0.871 bits per heavy atom. The fourth-order valence-corrected chi connectivity index (χ4v) is 4.16. The molecular weight excluding hydrogens is 382 g/mol. The van der Waals surface area contributed by atoms with E-state index in [2.05, 4.69) is 54.9 Å². The lowest BCUT2D eigenvalue weighted by Crippen LogP contribution is -2.48. The second-order valence-corrected chi connectivity index (χ2v) is 8.72. The minimum Gasteiger partial charge on any atom is -0.336 e. The molecule has 0 radical (unpaired) electrons. The Balaban J connectivity index is 1.39.